The van der Waals surface area contributed by atoms with Crippen molar-refractivity contribution >= 4 is 22.6 Å². The summed E-state index contributed by atoms with van der Waals surface area (Å²) in [5, 5.41) is 12.8. The summed E-state index contributed by atoms with van der Waals surface area (Å²) in [4.78, 5) is 21.4. The molecule has 1 atom stereocenters. The fraction of sp³-hybridized carbons (Fsp3) is 0.190. The zero-order chi connectivity index (χ0) is 20.0. The average molecular weight is 366 g/mol. The molecule has 0 aliphatic carbocycles. The number of aryl methyl sites for hydroxylation is 1. The Morgan fingerprint density at radius 3 is 2.33 bits per heavy atom. The minimum atomic E-state index is -1.06. The number of ether oxygens (including phenoxy) is 1. The lowest BCUT2D eigenvalue weighted by molar-refractivity contribution is -0.671. The van der Waals surface area contributed by atoms with E-state index in [4.69, 9.17) is 10.5 Å². The van der Waals surface area contributed by atoms with Gasteiger partial charge in [-0.15, -0.1) is 0 Å². The topological polar surface area (TPSA) is 96.3 Å². The SMILES string of the molecule is COc1ccc2cc(C(C)C(=O)[O-])ccc2c1.C[n+]1cccc(C(N)=O)c1. The highest BCUT2D eigenvalue weighted by molar-refractivity contribution is 5.92. The molecule has 3 aromatic rings. The quantitative estimate of drug-likeness (QED) is 0.704. The van der Waals surface area contributed by atoms with Crippen molar-refractivity contribution in [2.45, 2.75) is 12.8 Å². The maximum atomic E-state index is 10.8. The van der Waals surface area contributed by atoms with Crippen LogP contribution in [0.1, 0.15) is 28.8 Å². The Labute approximate surface area is 157 Å². The van der Waals surface area contributed by atoms with E-state index in [0.717, 1.165) is 22.1 Å². The average Bonchev–Trinajstić information content (AvgIpc) is 2.67. The number of benzene rings is 2. The first-order valence-corrected chi connectivity index (χ1v) is 8.35. The molecule has 1 amide bonds. The smallest absolute Gasteiger partial charge is 0.254 e. The highest BCUT2D eigenvalue weighted by atomic mass is 16.5. The zero-order valence-electron chi connectivity index (χ0n) is 15.5. The van der Waals surface area contributed by atoms with Crippen LogP contribution in [-0.4, -0.2) is 19.0 Å². The molecule has 2 N–H and O–H groups in total. The van der Waals surface area contributed by atoms with E-state index >= 15 is 0 Å². The van der Waals surface area contributed by atoms with Crippen LogP contribution in [0.4, 0.5) is 0 Å². The summed E-state index contributed by atoms with van der Waals surface area (Å²) in [6, 6.07) is 14.7. The van der Waals surface area contributed by atoms with Gasteiger partial charge in [0.05, 0.1) is 7.11 Å². The van der Waals surface area contributed by atoms with Gasteiger partial charge in [0.2, 0.25) is 0 Å². The number of carbonyl (C=O) groups excluding carboxylic acids is 2. The van der Waals surface area contributed by atoms with E-state index in [1.54, 1.807) is 36.9 Å². The predicted octanol–water partition coefficient (Wildman–Crippen LogP) is 1.31. The van der Waals surface area contributed by atoms with Crippen molar-refractivity contribution in [3.05, 3.63) is 72.1 Å². The Balaban J connectivity index is 0.000000223. The number of primary amides is 1. The van der Waals surface area contributed by atoms with Crippen LogP contribution in [-0.2, 0) is 11.8 Å². The van der Waals surface area contributed by atoms with Crippen LogP contribution >= 0.6 is 0 Å². The number of rotatable bonds is 4. The summed E-state index contributed by atoms with van der Waals surface area (Å²) >= 11 is 0. The second-order valence-electron chi connectivity index (χ2n) is 6.14. The molecule has 0 radical (unpaired) electrons. The number of methoxy groups -OCH3 is 1. The van der Waals surface area contributed by atoms with E-state index in [1.807, 2.05) is 49.6 Å². The van der Waals surface area contributed by atoms with E-state index in [2.05, 4.69) is 0 Å². The Hall–Kier alpha value is -3.41. The van der Waals surface area contributed by atoms with Gasteiger partial charge in [-0.1, -0.05) is 31.2 Å². The lowest BCUT2D eigenvalue weighted by Crippen LogP contribution is -2.28. The Bertz CT molecular complexity index is 969. The minimum Gasteiger partial charge on any atom is -0.550 e. The summed E-state index contributed by atoms with van der Waals surface area (Å²) in [6.07, 6.45) is 3.52. The summed E-state index contributed by atoms with van der Waals surface area (Å²) in [6.45, 7) is 1.63. The van der Waals surface area contributed by atoms with Crippen molar-refractivity contribution in [2.75, 3.05) is 7.11 Å². The molecule has 2 aromatic carbocycles. The van der Waals surface area contributed by atoms with Gasteiger partial charge in [-0.05, 0) is 34.5 Å². The number of aromatic nitrogens is 1. The number of carboxylic acid groups (broad SMARTS) is 1. The highest BCUT2D eigenvalue weighted by Gasteiger charge is 2.07. The lowest BCUT2D eigenvalue weighted by Gasteiger charge is -2.13. The van der Waals surface area contributed by atoms with Gasteiger partial charge in [-0.3, -0.25) is 4.79 Å². The largest absolute Gasteiger partial charge is 0.550 e. The number of fused-ring (bicyclic) bond motifs is 1. The Morgan fingerprint density at radius 1 is 1.11 bits per heavy atom. The molecule has 3 rings (SSSR count). The van der Waals surface area contributed by atoms with Crippen molar-refractivity contribution in [1.29, 1.82) is 0 Å². The number of hydrogen-bond acceptors (Lipinski definition) is 4. The van der Waals surface area contributed by atoms with Crippen LogP contribution in [0.5, 0.6) is 5.75 Å². The molecule has 0 saturated carbocycles. The van der Waals surface area contributed by atoms with Crippen molar-refractivity contribution < 1.29 is 24.0 Å². The van der Waals surface area contributed by atoms with Crippen molar-refractivity contribution in [2.24, 2.45) is 12.8 Å². The molecule has 0 aliphatic rings. The molecule has 0 bridgehead atoms. The van der Waals surface area contributed by atoms with Gasteiger partial charge in [-0.2, -0.15) is 0 Å². The molecule has 1 heterocycles. The fourth-order valence-electron chi connectivity index (χ4n) is 2.51. The van der Waals surface area contributed by atoms with Crippen LogP contribution in [0.25, 0.3) is 10.8 Å². The number of pyridine rings is 1. The summed E-state index contributed by atoms with van der Waals surface area (Å²) in [5.41, 5.74) is 6.32. The molecule has 0 spiro atoms. The molecule has 0 saturated heterocycles. The number of carbonyl (C=O) groups is 2. The van der Waals surface area contributed by atoms with E-state index in [0.29, 0.717) is 5.56 Å². The van der Waals surface area contributed by atoms with Gasteiger partial charge >= 0.3 is 0 Å². The monoisotopic (exact) mass is 366 g/mol. The van der Waals surface area contributed by atoms with Crippen molar-refractivity contribution in [3.8, 4) is 5.75 Å². The van der Waals surface area contributed by atoms with Gasteiger partial charge in [0.1, 0.15) is 18.4 Å². The minimum absolute atomic E-state index is 0.392. The number of carboxylic acids is 1. The van der Waals surface area contributed by atoms with Gasteiger partial charge in [-0.25, -0.2) is 4.57 Å². The molecule has 6 nitrogen and oxygen atoms in total. The molecule has 6 heteroatoms. The van der Waals surface area contributed by atoms with Gasteiger partial charge in [0, 0.05) is 18.0 Å². The van der Waals surface area contributed by atoms with Crippen LogP contribution in [0.2, 0.25) is 0 Å². The second kappa shape index (κ2) is 8.80. The van der Waals surface area contributed by atoms with E-state index < -0.39 is 17.8 Å². The first-order valence-electron chi connectivity index (χ1n) is 8.35. The normalized spacial score (nSPS) is 11.2. The van der Waals surface area contributed by atoms with Gasteiger partial charge < -0.3 is 20.4 Å². The predicted molar refractivity (Wildman–Crippen MR) is 100 cm³/mol. The first-order chi connectivity index (χ1) is 12.8. The van der Waals surface area contributed by atoms with Gasteiger partial charge in [0.25, 0.3) is 5.91 Å². The molecular weight excluding hydrogens is 344 g/mol. The van der Waals surface area contributed by atoms with Crippen LogP contribution in [0.3, 0.4) is 0 Å². The van der Waals surface area contributed by atoms with E-state index in [-0.39, 0.29) is 0 Å². The van der Waals surface area contributed by atoms with E-state index in [1.165, 1.54) is 0 Å². The highest BCUT2D eigenvalue weighted by Crippen LogP contribution is 2.24. The van der Waals surface area contributed by atoms with Crippen molar-refractivity contribution in [3.63, 3.8) is 0 Å². The molecule has 0 fully saturated rings. The fourth-order valence-corrected chi connectivity index (χ4v) is 2.51. The van der Waals surface area contributed by atoms with Gasteiger partial charge in [0.15, 0.2) is 12.4 Å². The zero-order valence-corrected chi connectivity index (χ0v) is 15.5. The van der Waals surface area contributed by atoms with Crippen LogP contribution in [0, 0.1) is 0 Å². The molecule has 140 valence electrons. The summed E-state index contributed by atoms with van der Waals surface area (Å²) in [5.74, 6) is -1.26. The van der Waals surface area contributed by atoms with Crippen LogP contribution in [0.15, 0.2) is 60.9 Å². The molecule has 1 unspecified atom stereocenters. The maximum Gasteiger partial charge on any atom is 0.254 e. The van der Waals surface area contributed by atoms with Crippen LogP contribution < -0.4 is 20.1 Å². The lowest BCUT2D eigenvalue weighted by atomic mass is 9.98. The molecule has 0 aliphatic heterocycles. The third kappa shape index (κ3) is 5.28. The van der Waals surface area contributed by atoms with E-state index in [9.17, 15) is 14.7 Å². The number of amides is 1. The Morgan fingerprint density at radius 2 is 1.78 bits per heavy atom. The number of aliphatic carboxylic acids is 1. The number of hydrogen-bond donors (Lipinski definition) is 1. The first kappa shape index (κ1) is 19.9. The third-order valence-electron chi connectivity index (χ3n) is 4.15. The third-order valence-corrected chi connectivity index (χ3v) is 4.15. The summed E-state index contributed by atoms with van der Waals surface area (Å²) in [7, 11) is 3.46. The second-order valence-corrected chi connectivity index (χ2v) is 6.14. The molecule has 1 aromatic heterocycles. The number of nitrogens with two attached hydrogens (primary N) is 1. The maximum absolute atomic E-state index is 10.8. The standard InChI is InChI=1S/C14H14O3.C7H8N2O/c1-9(14(15)16)10-3-4-12-8-13(17-2)6-5-11(12)7-10;1-9-4-2-3-6(5-9)7(8)10/h3-9H,1-2H3,(H,15,16);2-5H,1H3,(H-,8,10). The molecule has 27 heavy (non-hydrogen) atoms. The number of nitrogens with zero attached hydrogens (tertiary/aromatic N) is 1. The summed E-state index contributed by atoms with van der Waals surface area (Å²) < 4.78 is 6.91. The Kier molecular flexibility index (Phi) is 6.49. The molecular formula is C21H22N2O4. The van der Waals surface area contributed by atoms with Crippen molar-refractivity contribution in [1.82, 2.24) is 0 Å².